The summed E-state index contributed by atoms with van der Waals surface area (Å²) in [6.45, 7) is -0.403. The number of esters is 1. The van der Waals surface area contributed by atoms with Gasteiger partial charge < -0.3 is 15.0 Å². The third-order valence-corrected chi connectivity index (χ3v) is 5.65. The molecule has 0 saturated heterocycles. The third-order valence-electron chi connectivity index (χ3n) is 3.78. The fraction of sp³-hybridized carbons (Fsp3) is 0.158. The van der Waals surface area contributed by atoms with Crippen molar-refractivity contribution in [3.8, 4) is 0 Å². The molecule has 0 radical (unpaired) electrons. The highest BCUT2D eigenvalue weighted by Crippen LogP contribution is 2.37. The molecule has 1 amide bonds. The Hall–Kier alpha value is -2.28. The highest BCUT2D eigenvalue weighted by molar-refractivity contribution is 7.21. The normalized spacial score (nSPS) is 10.7. The molecule has 1 aromatic heterocycles. The van der Waals surface area contributed by atoms with Crippen molar-refractivity contribution in [3.63, 3.8) is 0 Å². The minimum absolute atomic E-state index is 0.247. The number of nitrogens with one attached hydrogen (secondary N) is 1. The van der Waals surface area contributed by atoms with E-state index in [9.17, 15) is 9.59 Å². The fourth-order valence-electron chi connectivity index (χ4n) is 2.41. The lowest BCUT2D eigenvalue weighted by molar-refractivity contribution is -0.119. The molecule has 3 rings (SSSR count). The molecular formula is C19H16Cl2N2O3S. The van der Waals surface area contributed by atoms with Gasteiger partial charge in [0.2, 0.25) is 0 Å². The van der Waals surface area contributed by atoms with Crippen molar-refractivity contribution in [1.82, 2.24) is 0 Å². The number of hydrogen-bond donors (Lipinski definition) is 1. The van der Waals surface area contributed by atoms with Gasteiger partial charge >= 0.3 is 5.97 Å². The van der Waals surface area contributed by atoms with Crippen LogP contribution in [0.25, 0.3) is 10.1 Å². The van der Waals surface area contributed by atoms with Crippen LogP contribution >= 0.6 is 34.5 Å². The van der Waals surface area contributed by atoms with Gasteiger partial charge in [0, 0.05) is 40.6 Å². The summed E-state index contributed by atoms with van der Waals surface area (Å²) in [7, 11) is 3.86. The zero-order valence-corrected chi connectivity index (χ0v) is 16.9. The van der Waals surface area contributed by atoms with Crippen LogP contribution in [0.5, 0.6) is 0 Å². The van der Waals surface area contributed by atoms with Crippen molar-refractivity contribution >= 4 is 67.9 Å². The summed E-state index contributed by atoms with van der Waals surface area (Å²) in [5.41, 5.74) is 1.63. The first-order valence-electron chi connectivity index (χ1n) is 7.97. The minimum atomic E-state index is -0.643. The fourth-order valence-corrected chi connectivity index (χ4v) is 4.09. The summed E-state index contributed by atoms with van der Waals surface area (Å²) in [5.74, 6) is -1.07. The Morgan fingerprint density at radius 3 is 2.48 bits per heavy atom. The molecule has 0 atom stereocenters. The number of halogens is 2. The van der Waals surface area contributed by atoms with E-state index in [1.54, 1.807) is 30.3 Å². The second-order valence-electron chi connectivity index (χ2n) is 5.95. The van der Waals surface area contributed by atoms with Gasteiger partial charge in [0.15, 0.2) is 6.61 Å². The Labute approximate surface area is 170 Å². The Balaban J connectivity index is 1.61. The van der Waals surface area contributed by atoms with Gasteiger partial charge in [-0.05, 0) is 36.4 Å². The Morgan fingerprint density at radius 1 is 1.11 bits per heavy atom. The van der Waals surface area contributed by atoms with E-state index in [0.29, 0.717) is 15.7 Å². The second-order valence-corrected chi connectivity index (χ2v) is 7.82. The molecule has 0 aliphatic rings. The lowest BCUT2D eigenvalue weighted by Gasteiger charge is -2.13. The van der Waals surface area contributed by atoms with Crippen LogP contribution in [0, 0.1) is 0 Å². The molecule has 0 bridgehead atoms. The molecular weight excluding hydrogens is 407 g/mol. The molecule has 0 unspecified atom stereocenters. The maximum Gasteiger partial charge on any atom is 0.350 e. The Morgan fingerprint density at radius 2 is 1.81 bits per heavy atom. The van der Waals surface area contributed by atoms with E-state index in [1.807, 2.05) is 31.1 Å². The van der Waals surface area contributed by atoms with Gasteiger partial charge in [-0.3, -0.25) is 4.79 Å². The topological polar surface area (TPSA) is 58.6 Å². The molecule has 2 aromatic carbocycles. The predicted molar refractivity (Wildman–Crippen MR) is 112 cm³/mol. The smallest absolute Gasteiger partial charge is 0.350 e. The SMILES string of the molecule is CN(C)c1ccc(NC(=O)COC(=O)c2sc3cc(Cl)ccc3c2Cl)cc1. The van der Waals surface area contributed by atoms with E-state index in [0.717, 1.165) is 15.8 Å². The van der Waals surface area contributed by atoms with Crippen molar-refractivity contribution in [3.05, 3.63) is 57.4 Å². The summed E-state index contributed by atoms with van der Waals surface area (Å²) in [5, 5.41) is 4.26. The first-order chi connectivity index (χ1) is 12.8. The molecule has 1 N–H and O–H groups in total. The zero-order chi connectivity index (χ0) is 19.6. The van der Waals surface area contributed by atoms with Gasteiger partial charge in [0.05, 0.1) is 5.02 Å². The lowest BCUT2D eigenvalue weighted by Crippen LogP contribution is -2.20. The van der Waals surface area contributed by atoms with Crippen LogP contribution in [-0.4, -0.2) is 32.6 Å². The van der Waals surface area contributed by atoms with Crippen LogP contribution in [-0.2, 0) is 9.53 Å². The van der Waals surface area contributed by atoms with Crippen LogP contribution in [0.15, 0.2) is 42.5 Å². The highest BCUT2D eigenvalue weighted by atomic mass is 35.5. The molecule has 3 aromatic rings. The highest BCUT2D eigenvalue weighted by Gasteiger charge is 2.19. The molecule has 0 spiro atoms. The number of nitrogens with zero attached hydrogens (tertiary/aromatic N) is 1. The molecule has 0 aliphatic heterocycles. The van der Waals surface area contributed by atoms with E-state index in [4.69, 9.17) is 27.9 Å². The maximum absolute atomic E-state index is 12.3. The molecule has 1 heterocycles. The number of fused-ring (bicyclic) bond motifs is 1. The Bertz CT molecular complexity index is 1000. The number of benzene rings is 2. The van der Waals surface area contributed by atoms with Crippen molar-refractivity contribution in [1.29, 1.82) is 0 Å². The van der Waals surface area contributed by atoms with Gasteiger partial charge in [0.1, 0.15) is 4.88 Å². The number of ether oxygens (including phenoxy) is 1. The van der Waals surface area contributed by atoms with Gasteiger partial charge in [-0.15, -0.1) is 11.3 Å². The number of hydrogen-bond acceptors (Lipinski definition) is 5. The van der Waals surface area contributed by atoms with Gasteiger partial charge in [-0.25, -0.2) is 4.79 Å². The monoisotopic (exact) mass is 422 g/mol. The molecule has 140 valence electrons. The van der Waals surface area contributed by atoms with Gasteiger partial charge in [-0.2, -0.15) is 0 Å². The standard InChI is InChI=1S/C19H16Cl2N2O3S/c1-23(2)13-6-4-12(5-7-13)22-16(24)10-26-19(25)18-17(21)14-8-3-11(20)9-15(14)27-18/h3-9H,10H2,1-2H3,(H,22,24). The predicted octanol–water partition coefficient (Wildman–Crippen LogP) is 5.07. The molecule has 8 heteroatoms. The third kappa shape index (κ3) is 4.53. The summed E-state index contributed by atoms with van der Waals surface area (Å²) in [6, 6.07) is 12.5. The average Bonchev–Trinajstić information content (AvgIpc) is 2.96. The van der Waals surface area contributed by atoms with Crippen LogP contribution in [0.3, 0.4) is 0 Å². The molecule has 27 heavy (non-hydrogen) atoms. The second kappa shape index (κ2) is 8.17. The van der Waals surface area contributed by atoms with Crippen LogP contribution in [0.2, 0.25) is 10.0 Å². The van der Waals surface area contributed by atoms with Crippen LogP contribution in [0.4, 0.5) is 11.4 Å². The number of thiophene rings is 1. The number of rotatable bonds is 5. The quantitative estimate of drug-likeness (QED) is 0.583. The minimum Gasteiger partial charge on any atom is -0.451 e. The molecule has 0 aliphatic carbocycles. The number of carbonyl (C=O) groups excluding carboxylic acids is 2. The lowest BCUT2D eigenvalue weighted by atomic mass is 10.2. The van der Waals surface area contributed by atoms with E-state index in [1.165, 1.54) is 11.3 Å². The maximum atomic E-state index is 12.3. The number of amides is 1. The van der Waals surface area contributed by atoms with E-state index >= 15 is 0 Å². The van der Waals surface area contributed by atoms with E-state index in [2.05, 4.69) is 5.32 Å². The zero-order valence-electron chi connectivity index (χ0n) is 14.6. The largest absolute Gasteiger partial charge is 0.451 e. The molecule has 0 fully saturated rings. The summed E-state index contributed by atoms with van der Waals surface area (Å²) in [4.78, 5) is 26.5. The van der Waals surface area contributed by atoms with Gasteiger partial charge in [-0.1, -0.05) is 29.3 Å². The Kier molecular flexibility index (Phi) is 5.89. The van der Waals surface area contributed by atoms with Gasteiger partial charge in [0.25, 0.3) is 5.91 Å². The summed E-state index contributed by atoms with van der Waals surface area (Å²) in [6.07, 6.45) is 0. The van der Waals surface area contributed by atoms with Crippen LogP contribution < -0.4 is 10.2 Å². The van der Waals surface area contributed by atoms with E-state index in [-0.39, 0.29) is 4.88 Å². The van der Waals surface area contributed by atoms with Crippen LogP contribution in [0.1, 0.15) is 9.67 Å². The van der Waals surface area contributed by atoms with Crippen molar-refractivity contribution in [2.24, 2.45) is 0 Å². The summed E-state index contributed by atoms with van der Waals surface area (Å²) < 4.78 is 5.88. The molecule has 5 nitrogen and oxygen atoms in total. The molecule has 0 saturated carbocycles. The van der Waals surface area contributed by atoms with E-state index < -0.39 is 18.5 Å². The summed E-state index contributed by atoms with van der Waals surface area (Å²) >= 11 is 13.4. The first-order valence-corrected chi connectivity index (χ1v) is 9.54. The van der Waals surface area contributed by atoms with Crippen molar-refractivity contribution in [2.45, 2.75) is 0 Å². The van der Waals surface area contributed by atoms with Crippen molar-refractivity contribution < 1.29 is 14.3 Å². The van der Waals surface area contributed by atoms with Crippen molar-refractivity contribution in [2.75, 3.05) is 30.9 Å². The first kappa shape index (κ1) is 19.5. The average molecular weight is 423 g/mol. The number of carbonyl (C=O) groups is 2. The number of anilines is 2.